The second kappa shape index (κ2) is 4.02. The quantitative estimate of drug-likeness (QED) is 0.790. The number of hydrogen-bond donors (Lipinski definition) is 1. The SMILES string of the molecule is NC(Cc1ccncc1)c1ncco1. The number of hydrogen-bond acceptors (Lipinski definition) is 4. The molecular formula is C10H11N3O. The lowest BCUT2D eigenvalue weighted by Gasteiger charge is -2.06. The maximum absolute atomic E-state index is 5.89. The molecule has 1 atom stereocenters. The summed E-state index contributed by atoms with van der Waals surface area (Å²) in [6, 6.07) is 3.68. The number of aromatic nitrogens is 2. The molecule has 0 aliphatic rings. The maximum Gasteiger partial charge on any atom is 0.211 e. The van der Waals surface area contributed by atoms with Crippen molar-refractivity contribution in [2.24, 2.45) is 5.73 Å². The van der Waals surface area contributed by atoms with E-state index in [1.165, 1.54) is 6.26 Å². The maximum atomic E-state index is 5.89. The molecule has 14 heavy (non-hydrogen) atoms. The van der Waals surface area contributed by atoms with E-state index in [0.717, 1.165) is 5.56 Å². The van der Waals surface area contributed by atoms with Gasteiger partial charge >= 0.3 is 0 Å². The van der Waals surface area contributed by atoms with Crippen LogP contribution in [0.2, 0.25) is 0 Å². The van der Waals surface area contributed by atoms with Crippen molar-refractivity contribution in [3.63, 3.8) is 0 Å². The lowest BCUT2D eigenvalue weighted by molar-refractivity contribution is 0.448. The Morgan fingerprint density at radius 3 is 2.71 bits per heavy atom. The van der Waals surface area contributed by atoms with Gasteiger partial charge in [-0.1, -0.05) is 0 Å². The molecule has 72 valence electrons. The highest BCUT2D eigenvalue weighted by atomic mass is 16.3. The molecule has 4 heteroatoms. The van der Waals surface area contributed by atoms with Gasteiger partial charge in [0.1, 0.15) is 6.26 Å². The Labute approximate surface area is 81.8 Å². The van der Waals surface area contributed by atoms with E-state index in [0.29, 0.717) is 12.3 Å². The average molecular weight is 189 g/mol. The summed E-state index contributed by atoms with van der Waals surface area (Å²) in [5, 5.41) is 0. The molecule has 2 rings (SSSR count). The lowest BCUT2D eigenvalue weighted by Crippen LogP contribution is -2.13. The molecule has 0 saturated carbocycles. The molecule has 0 saturated heterocycles. The minimum absolute atomic E-state index is 0.188. The zero-order chi connectivity index (χ0) is 9.80. The molecular weight excluding hydrogens is 178 g/mol. The van der Waals surface area contributed by atoms with Gasteiger partial charge in [-0.25, -0.2) is 4.98 Å². The fourth-order valence-electron chi connectivity index (χ4n) is 1.28. The summed E-state index contributed by atoms with van der Waals surface area (Å²) >= 11 is 0. The number of nitrogens with two attached hydrogens (primary N) is 1. The van der Waals surface area contributed by atoms with Crippen molar-refractivity contribution >= 4 is 0 Å². The molecule has 2 N–H and O–H groups in total. The van der Waals surface area contributed by atoms with Gasteiger partial charge in [-0.2, -0.15) is 0 Å². The van der Waals surface area contributed by atoms with Gasteiger partial charge in [-0.15, -0.1) is 0 Å². The smallest absolute Gasteiger partial charge is 0.211 e. The normalized spacial score (nSPS) is 12.6. The first-order chi connectivity index (χ1) is 6.86. The van der Waals surface area contributed by atoms with Gasteiger partial charge in [-0.05, 0) is 24.1 Å². The van der Waals surface area contributed by atoms with Gasteiger partial charge in [0.25, 0.3) is 0 Å². The molecule has 0 aliphatic heterocycles. The summed E-state index contributed by atoms with van der Waals surface area (Å²) < 4.78 is 5.12. The van der Waals surface area contributed by atoms with E-state index in [1.54, 1.807) is 18.6 Å². The third kappa shape index (κ3) is 1.97. The van der Waals surface area contributed by atoms with Crippen LogP contribution in [0, 0.1) is 0 Å². The summed E-state index contributed by atoms with van der Waals surface area (Å²) in [7, 11) is 0. The van der Waals surface area contributed by atoms with Crippen molar-refractivity contribution in [2.45, 2.75) is 12.5 Å². The predicted octanol–water partition coefficient (Wildman–Crippen LogP) is 1.31. The van der Waals surface area contributed by atoms with Gasteiger partial charge in [-0.3, -0.25) is 4.98 Å². The minimum Gasteiger partial charge on any atom is -0.447 e. The summed E-state index contributed by atoms with van der Waals surface area (Å²) in [5.74, 6) is 0.571. The Bertz CT molecular complexity index is 372. The van der Waals surface area contributed by atoms with Crippen LogP contribution in [-0.4, -0.2) is 9.97 Å². The molecule has 0 aliphatic carbocycles. The lowest BCUT2D eigenvalue weighted by atomic mass is 10.1. The van der Waals surface area contributed by atoms with Crippen molar-refractivity contribution in [3.8, 4) is 0 Å². The Morgan fingerprint density at radius 2 is 2.07 bits per heavy atom. The largest absolute Gasteiger partial charge is 0.447 e. The van der Waals surface area contributed by atoms with Gasteiger partial charge in [0.05, 0.1) is 12.2 Å². The molecule has 2 aromatic heterocycles. The molecule has 1 unspecified atom stereocenters. The van der Waals surface area contributed by atoms with Gasteiger partial charge in [0.15, 0.2) is 0 Å². The van der Waals surface area contributed by atoms with Crippen molar-refractivity contribution in [1.29, 1.82) is 0 Å². The second-order valence-corrected chi connectivity index (χ2v) is 3.04. The van der Waals surface area contributed by atoms with E-state index in [2.05, 4.69) is 9.97 Å². The van der Waals surface area contributed by atoms with Crippen molar-refractivity contribution in [1.82, 2.24) is 9.97 Å². The fraction of sp³-hybridized carbons (Fsp3) is 0.200. The third-order valence-corrected chi connectivity index (χ3v) is 1.97. The van der Waals surface area contributed by atoms with Crippen LogP contribution in [0.3, 0.4) is 0 Å². The van der Waals surface area contributed by atoms with E-state index in [9.17, 15) is 0 Å². The van der Waals surface area contributed by atoms with E-state index in [4.69, 9.17) is 10.2 Å². The van der Waals surface area contributed by atoms with Crippen molar-refractivity contribution in [2.75, 3.05) is 0 Å². The third-order valence-electron chi connectivity index (χ3n) is 1.97. The first kappa shape index (κ1) is 8.90. The first-order valence-electron chi connectivity index (χ1n) is 4.40. The second-order valence-electron chi connectivity index (χ2n) is 3.04. The standard InChI is InChI=1S/C10H11N3O/c11-9(10-13-5-6-14-10)7-8-1-3-12-4-2-8/h1-6,9H,7,11H2. The molecule has 0 fully saturated rings. The van der Waals surface area contributed by atoms with Crippen LogP contribution in [-0.2, 0) is 6.42 Å². The number of rotatable bonds is 3. The summed E-state index contributed by atoms with van der Waals surface area (Å²) in [4.78, 5) is 7.94. The molecule has 4 nitrogen and oxygen atoms in total. The van der Waals surface area contributed by atoms with Crippen LogP contribution < -0.4 is 5.73 Å². The molecule has 0 amide bonds. The zero-order valence-electron chi connectivity index (χ0n) is 7.63. The highest BCUT2D eigenvalue weighted by Crippen LogP contribution is 2.12. The van der Waals surface area contributed by atoms with Crippen LogP contribution in [0.25, 0.3) is 0 Å². The van der Waals surface area contributed by atoms with Crippen LogP contribution in [0.1, 0.15) is 17.5 Å². The number of pyridine rings is 1. The fourth-order valence-corrected chi connectivity index (χ4v) is 1.28. The number of oxazole rings is 1. The molecule has 2 aromatic rings. The van der Waals surface area contributed by atoms with E-state index >= 15 is 0 Å². The van der Waals surface area contributed by atoms with Gasteiger partial charge < -0.3 is 10.2 Å². The highest BCUT2D eigenvalue weighted by Gasteiger charge is 2.10. The Hall–Kier alpha value is -1.68. The van der Waals surface area contributed by atoms with E-state index < -0.39 is 0 Å². The van der Waals surface area contributed by atoms with Crippen molar-refractivity contribution < 1.29 is 4.42 Å². The molecule has 0 aromatic carbocycles. The van der Waals surface area contributed by atoms with Crippen LogP contribution in [0.15, 0.2) is 41.4 Å². The topological polar surface area (TPSA) is 64.9 Å². The zero-order valence-corrected chi connectivity index (χ0v) is 7.63. The van der Waals surface area contributed by atoms with E-state index in [1.807, 2.05) is 12.1 Å². The summed E-state index contributed by atoms with van der Waals surface area (Å²) in [6.07, 6.45) is 7.34. The Morgan fingerprint density at radius 1 is 1.29 bits per heavy atom. The van der Waals surface area contributed by atoms with Crippen molar-refractivity contribution in [3.05, 3.63) is 48.4 Å². The predicted molar refractivity (Wildman–Crippen MR) is 51.4 cm³/mol. The first-order valence-corrected chi connectivity index (χ1v) is 4.40. The highest BCUT2D eigenvalue weighted by molar-refractivity contribution is 5.12. The van der Waals surface area contributed by atoms with Crippen LogP contribution >= 0.6 is 0 Å². The van der Waals surface area contributed by atoms with Crippen LogP contribution in [0.5, 0.6) is 0 Å². The van der Waals surface area contributed by atoms with Crippen LogP contribution in [0.4, 0.5) is 0 Å². The monoisotopic (exact) mass is 189 g/mol. The summed E-state index contributed by atoms with van der Waals surface area (Å²) in [6.45, 7) is 0. The van der Waals surface area contributed by atoms with E-state index in [-0.39, 0.29) is 6.04 Å². The molecule has 0 spiro atoms. The van der Waals surface area contributed by atoms with Gasteiger partial charge in [0.2, 0.25) is 5.89 Å². The molecule has 0 bridgehead atoms. The Balaban J connectivity index is 2.06. The number of nitrogens with zero attached hydrogens (tertiary/aromatic N) is 2. The average Bonchev–Trinajstić information content (AvgIpc) is 2.72. The molecule has 2 heterocycles. The van der Waals surface area contributed by atoms with Gasteiger partial charge in [0, 0.05) is 12.4 Å². The minimum atomic E-state index is -0.188. The molecule has 0 radical (unpaired) electrons. The Kier molecular flexibility index (Phi) is 2.55. The summed E-state index contributed by atoms with van der Waals surface area (Å²) in [5.41, 5.74) is 7.03.